The lowest BCUT2D eigenvalue weighted by Gasteiger charge is -2.18. The van der Waals surface area contributed by atoms with E-state index >= 15 is 0 Å². The molecular weight excluding hydrogens is 1020 g/mol. The maximum absolute atomic E-state index is 13.0. The number of ether oxygens (including phenoxy) is 3. The van der Waals surface area contributed by atoms with Crippen molar-refractivity contribution in [2.45, 2.75) is 361 Å². The zero-order valence-electron chi connectivity index (χ0n) is 54.9. The number of hydrogen-bond donors (Lipinski definition) is 0. The Morgan fingerprint density at radius 2 is 0.470 bits per heavy atom. The molecule has 6 heteroatoms. The van der Waals surface area contributed by atoms with E-state index < -0.39 is 6.10 Å². The van der Waals surface area contributed by atoms with Crippen molar-refractivity contribution in [3.05, 3.63) is 97.2 Å². The standard InChI is InChI=1S/C77H134O6/c1-4-7-10-13-16-19-22-25-28-31-34-36-37-38-39-40-41-42-44-46-49-52-55-58-61-64-67-70-76(79)82-73-74(72-81-75(78)69-66-63-60-57-54-51-48-45-33-30-27-24-21-18-15-12-9-6-3)83-77(80)71-68-65-62-59-56-53-50-47-43-35-32-29-26-23-20-17-14-11-8-5-2/h7,10,16,19,21,24-25,28,30,33-34,36,38-39,41-42,74H,4-6,8-9,11-15,17-18,20,22-23,26-27,29,31-32,35,37,40,43-73H2,1-3H3/b10-7-,19-16-,24-21-,28-25-,33-30-,36-34-,39-38-,42-41-. The third-order valence-corrected chi connectivity index (χ3v) is 15.6. The van der Waals surface area contributed by atoms with Gasteiger partial charge in [-0.05, 0) is 103 Å². The molecule has 0 N–H and O–H groups in total. The van der Waals surface area contributed by atoms with Crippen molar-refractivity contribution >= 4 is 17.9 Å². The average molecular weight is 1160 g/mol. The Labute approximate surface area is 515 Å². The molecule has 0 aromatic carbocycles. The molecule has 0 aliphatic rings. The number of carbonyl (C=O) groups is 3. The predicted molar refractivity (Wildman–Crippen MR) is 362 cm³/mol. The normalized spacial score (nSPS) is 12.7. The second-order valence-electron chi connectivity index (χ2n) is 23.8. The van der Waals surface area contributed by atoms with E-state index in [1.165, 1.54) is 199 Å². The van der Waals surface area contributed by atoms with Crippen molar-refractivity contribution in [1.29, 1.82) is 0 Å². The van der Waals surface area contributed by atoms with Crippen LogP contribution in [0.5, 0.6) is 0 Å². The first-order chi connectivity index (χ1) is 41.0. The highest BCUT2D eigenvalue weighted by atomic mass is 16.6. The number of esters is 3. The topological polar surface area (TPSA) is 78.9 Å². The fraction of sp³-hybridized carbons (Fsp3) is 0.753. The maximum atomic E-state index is 13.0. The first-order valence-corrected chi connectivity index (χ1v) is 35.7. The van der Waals surface area contributed by atoms with Crippen molar-refractivity contribution in [1.82, 2.24) is 0 Å². The molecule has 83 heavy (non-hydrogen) atoms. The Hall–Kier alpha value is -3.67. The number of hydrogen-bond acceptors (Lipinski definition) is 6. The summed E-state index contributed by atoms with van der Waals surface area (Å²) < 4.78 is 17.0. The minimum atomic E-state index is -0.786. The van der Waals surface area contributed by atoms with Crippen LogP contribution < -0.4 is 0 Å². The Morgan fingerprint density at radius 1 is 0.253 bits per heavy atom. The largest absolute Gasteiger partial charge is 0.462 e. The summed E-state index contributed by atoms with van der Waals surface area (Å²) in [5.74, 6) is -0.877. The Balaban J connectivity index is 4.37. The molecule has 6 nitrogen and oxygen atoms in total. The van der Waals surface area contributed by atoms with E-state index in [0.29, 0.717) is 19.3 Å². The van der Waals surface area contributed by atoms with E-state index in [4.69, 9.17) is 14.2 Å². The van der Waals surface area contributed by atoms with E-state index in [1.54, 1.807) is 0 Å². The van der Waals surface area contributed by atoms with Crippen LogP contribution in [0.25, 0.3) is 0 Å². The fourth-order valence-electron chi connectivity index (χ4n) is 10.2. The summed E-state index contributed by atoms with van der Waals surface area (Å²) in [7, 11) is 0. The van der Waals surface area contributed by atoms with E-state index in [-0.39, 0.29) is 31.1 Å². The van der Waals surface area contributed by atoms with Crippen LogP contribution >= 0.6 is 0 Å². The molecule has 0 rings (SSSR count). The van der Waals surface area contributed by atoms with E-state index in [9.17, 15) is 14.4 Å². The summed E-state index contributed by atoms with van der Waals surface area (Å²) in [5.41, 5.74) is 0. The molecule has 0 aliphatic carbocycles. The molecule has 0 radical (unpaired) electrons. The molecule has 0 aromatic rings. The van der Waals surface area contributed by atoms with Crippen LogP contribution in [-0.2, 0) is 28.6 Å². The fourth-order valence-corrected chi connectivity index (χ4v) is 10.2. The van der Waals surface area contributed by atoms with Crippen molar-refractivity contribution in [2.75, 3.05) is 13.2 Å². The molecule has 1 unspecified atom stereocenters. The minimum Gasteiger partial charge on any atom is -0.462 e. The van der Waals surface area contributed by atoms with Crippen molar-refractivity contribution in [3.8, 4) is 0 Å². The predicted octanol–water partition coefficient (Wildman–Crippen LogP) is 24.8. The second-order valence-corrected chi connectivity index (χ2v) is 23.8. The van der Waals surface area contributed by atoms with Crippen LogP contribution in [0, 0.1) is 0 Å². The number of allylic oxidation sites excluding steroid dienone is 16. The Morgan fingerprint density at radius 3 is 0.747 bits per heavy atom. The molecule has 0 fully saturated rings. The molecule has 478 valence electrons. The monoisotopic (exact) mass is 1160 g/mol. The summed E-state index contributed by atoms with van der Waals surface area (Å²) in [6.07, 6.45) is 95.6. The number of carbonyl (C=O) groups excluding carboxylic acids is 3. The number of rotatable bonds is 65. The Kier molecular flexibility index (Phi) is 67.7. The summed E-state index contributed by atoms with van der Waals surface area (Å²) in [4.78, 5) is 38.5. The van der Waals surface area contributed by atoms with Crippen molar-refractivity contribution in [3.63, 3.8) is 0 Å². The van der Waals surface area contributed by atoms with Crippen molar-refractivity contribution < 1.29 is 28.6 Å². The molecule has 0 saturated carbocycles. The first-order valence-electron chi connectivity index (χ1n) is 35.7. The van der Waals surface area contributed by atoms with Gasteiger partial charge in [-0.2, -0.15) is 0 Å². The van der Waals surface area contributed by atoms with Gasteiger partial charge in [-0.3, -0.25) is 14.4 Å². The average Bonchev–Trinajstić information content (AvgIpc) is 3.49. The Bertz CT molecular complexity index is 1610. The number of unbranched alkanes of at least 4 members (excludes halogenated alkanes) is 38. The summed E-state index contributed by atoms with van der Waals surface area (Å²) in [6.45, 7) is 6.55. The molecule has 0 aliphatic heterocycles. The van der Waals surface area contributed by atoms with Gasteiger partial charge in [-0.1, -0.05) is 330 Å². The van der Waals surface area contributed by atoms with Gasteiger partial charge in [0, 0.05) is 19.3 Å². The lowest BCUT2D eigenvalue weighted by Crippen LogP contribution is -2.30. The van der Waals surface area contributed by atoms with Gasteiger partial charge in [-0.25, -0.2) is 0 Å². The van der Waals surface area contributed by atoms with Gasteiger partial charge in [-0.15, -0.1) is 0 Å². The van der Waals surface area contributed by atoms with Gasteiger partial charge in [0.05, 0.1) is 0 Å². The van der Waals surface area contributed by atoms with Crippen LogP contribution in [0.4, 0.5) is 0 Å². The highest BCUT2D eigenvalue weighted by Gasteiger charge is 2.19. The highest BCUT2D eigenvalue weighted by molar-refractivity contribution is 5.71. The third kappa shape index (κ3) is 69.0. The summed E-state index contributed by atoms with van der Waals surface area (Å²) in [6, 6.07) is 0. The maximum Gasteiger partial charge on any atom is 0.306 e. The van der Waals surface area contributed by atoms with Gasteiger partial charge in [0.2, 0.25) is 0 Å². The van der Waals surface area contributed by atoms with Crippen molar-refractivity contribution in [2.24, 2.45) is 0 Å². The molecule has 0 saturated heterocycles. The first kappa shape index (κ1) is 79.3. The SMILES string of the molecule is CC/C=C\C/C=C\C/C=C\C/C=C\C/C=C\C/C=C\CCCCCCCCCCC(=O)OCC(COC(=O)CCCCCCCCC/C=C\C/C=C\CCCCCC)OC(=O)CCCCCCCCCCCCCCCCCCCCCC. The third-order valence-electron chi connectivity index (χ3n) is 15.6. The molecule has 0 amide bonds. The van der Waals surface area contributed by atoms with Crippen LogP contribution in [0.15, 0.2) is 97.2 Å². The van der Waals surface area contributed by atoms with Crippen LogP contribution in [0.1, 0.15) is 355 Å². The van der Waals surface area contributed by atoms with E-state index in [2.05, 4.69) is 118 Å². The smallest absolute Gasteiger partial charge is 0.306 e. The second kappa shape index (κ2) is 70.8. The lowest BCUT2D eigenvalue weighted by atomic mass is 10.0. The molecule has 1 atom stereocenters. The highest BCUT2D eigenvalue weighted by Crippen LogP contribution is 2.17. The molecule has 0 heterocycles. The summed E-state index contributed by atoms with van der Waals surface area (Å²) >= 11 is 0. The van der Waals surface area contributed by atoms with Gasteiger partial charge >= 0.3 is 17.9 Å². The molecule has 0 aromatic heterocycles. The van der Waals surface area contributed by atoms with Gasteiger partial charge in [0.25, 0.3) is 0 Å². The van der Waals surface area contributed by atoms with Gasteiger partial charge < -0.3 is 14.2 Å². The van der Waals surface area contributed by atoms with E-state index in [0.717, 1.165) is 116 Å². The van der Waals surface area contributed by atoms with Crippen LogP contribution in [-0.4, -0.2) is 37.2 Å². The van der Waals surface area contributed by atoms with Crippen LogP contribution in [0.3, 0.4) is 0 Å². The minimum absolute atomic E-state index is 0.0811. The molecule has 0 spiro atoms. The molecule has 0 bridgehead atoms. The van der Waals surface area contributed by atoms with E-state index in [1.807, 2.05) is 0 Å². The van der Waals surface area contributed by atoms with Crippen LogP contribution in [0.2, 0.25) is 0 Å². The van der Waals surface area contributed by atoms with Gasteiger partial charge in [0.15, 0.2) is 6.10 Å². The lowest BCUT2D eigenvalue weighted by molar-refractivity contribution is -0.167. The molecular formula is C77H134O6. The van der Waals surface area contributed by atoms with Gasteiger partial charge in [0.1, 0.15) is 13.2 Å². The quantitative estimate of drug-likeness (QED) is 0.0261. The summed E-state index contributed by atoms with van der Waals surface area (Å²) in [5, 5.41) is 0. The zero-order chi connectivity index (χ0) is 59.9. The zero-order valence-corrected chi connectivity index (χ0v) is 54.9.